The van der Waals surface area contributed by atoms with Crippen LogP contribution in [0.2, 0.25) is 0 Å². The van der Waals surface area contributed by atoms with Crippen molar-refractivity contribution in [3.05, 3.63) is 0 Å². The van der Waals surface area contributed by atoms with Gasteiger partial charge in [-0.1, -0.05) is 0 Å². The molecule has 1 unspecified atom stereocenters. The fourth-order valence-corrected chi connectivity index (χ4v) is 3.86. The lowest BCUT2D eigenvalue weighted by Crippen LogP contribution is -2.50. The highest BCUT2D eigenvalue weighted by molar-refractivity contribution is 7.90. The summed E-state index contributed by atoms with van der Waals surface area (Å²) in [5.74, 6) is 0. The third-order valence-corrected chi connectivity index (χ3v) is 5.21. The number of sulfonamides is 1. The van der Waals surface area contributed by atoms with Crippen LogP contribution in [-0.2, 0) is 10.0 Å². The van der Waals surface area contributed by atoms with Gasteiger partial charge >= 0.3 is 6.18 Å². The van der Waals surface area contributed by atoms with Gasteiger partial charge in [-0.05, 0) is 32.2 Å². The topological polar surface area (TPSA) is 49.4 Å². The van der Waals surface area contributed by atoms with E-state index >= 15 is 0 Å². The Morgan fingerprint density at radius 2 is 1.89 bits per heavy atom. The van der Waals surface area contributed by atoms with Gasteiger partial charge in [0.15, 0.2) is 0 Å². The second kappa shape index (κ2) is 4.97. The maximum Gasteiger partial charge on any atom is 0.401 e. The first-order valence-electron chi connectivity index (χ1n) is 6.06. The van der Waals surface area contributed by atoms with Crippen molar-refractivity contribution < 1.29 is 21.6 Å². The Hall–Kier alpha value is -0.340. The minimum atomic E-state index is -4.22. The van der Waals surface area contributed by atoms with Crippen molar-refractivity contribution >= 4 is 10.0 Å². The van der Waals surface area contributed by atoms with E-state index in [0.717, 1.165) is 0 Å². The fraction of sp³-hybridized carbons (Fsp3) is 1.00. The summed E-state index contributed by atoms with van der Waals surface area (Å²) in [7, 11) is -3.31. The predicted octanol–water partition coefficient (Wildman–Crippen LogP) is 1.09. The summed E-state index contributed by atoms with van der Waals surface area (Å²) in [5, 5.41) is -0.324. The van der Waals surface area contributed by atoms with Crippen molar-refractivity contribution in [1.29, 1.82) is 0 Å². The highest BCUT2D eigenvalue weighted by atomic mass is 32.2. The van der Waals surface area contributed by atoms with Crippen LogP contribution >= 0.6 is 0 Å². The zero-order valence-electron chi connectivity index (χ0n) is 9.91. The smallest absolute Gasteiger partial charge is 0.293 e. The van der Waals surface area contributed by atoms with E-state index < -0.39 is 22.7 Å². The lowest BCUT2D eigenvalue weighted by Gasteiger charge is -2.33. The van der Waals surface area contributed by atoms with Gasteiger partial charge in [-0.15, -0.1) is 0 Å². The molecule has 0 aromatic heterocycles. The molecule has 1 atom stereocenters. The van der Waals surface area contributed by atoms with Crippen LogP contribution in [0, 0.1) is 0 Å². The lowest BCUT2D eigenvalue weighted by atomic mass is 10.1. The molecule has 0 radical (unpaired) electrons. The Kier molecular flexibility index (Phi) is 3.89. The summed E-state index contributed by atoms with van der Waals surface area (Å²) in [6.45, 7) is -0.443. The Bertz CT molecular complexity index is 392. The number of piperidine rings is 1. The molecule has 0 bridgehead atoms. The van der Waals surface area contributed by atoms with Crippen molar-refractivity contribution in [2.24, 2.45) is 0 Å². The molecule has 0 spiro atoms. The molecule has 1 aliphatic heterocycles. The van der Waals surface area contributed by atoms with Crippen LogP contribution in [0.1, 0.15) is 25.7 Å². The number of nitrogens with one attached hydrogen (secondary N) is 1. The molecule has 0 aromatic carbocycles. The largest absolute Gasteiger partial charge is 0.401 e. The van der Waals surface area contributed by atoms with Gasteiger partial charge in [0.05, 0.1) is 11.8 Å². The van der Waals surface area contributed by atoms with Crippen LogP contribution in [0.25, 0.3) is 0 Å². The lowest BCUT2D eigenvalue weighted by molar-refractivity contribution is -0.148. The molecule has 0 aromatic rings. The summed E-state index contributed by atoms with van der Waals surface area (Å²) in [6.07, 6.45) is -1.70. The van der Waals surface area contributed by atoms with Crippen LogP contribution in [0.3, 0.4) is 0 Å². The monoisotopic (exact) mass is 286 g/mol. The molecular formula is C10H17F3N2O2S. The van der Waals surface area contributed by atoms with Crippen LogP contribution < -0.4 is 4.72 Å². The Morgan fingerprint density at radius 1 is 1.22 bits per heavy atom. The van der Waals surface area contributed by atoms with Crippen molar-refractivity contribution in [2.75, 3.05) is 19.6 Å². The second-order valence-electron chi connectivity index (χ2n) is 5.05. The first-order valence-corrected chi connectivity index (χ1v) is 7.61. The van der Waals surface area contributed by atoms with E-state index in [1.807, 2.05) is 0 Å². The van der Waals surface area contributed by atoms with Gasteiger partial charge in [0.25, 0.3) is 0 Å². The first-order chi connectivity index (χ1) is 8.26. The van der Waals surface area contributed by atoms with Gasteiger partial charge < -0.3 is 0 Å². The number of likely N-dealkylation sites (tertiary alicyclic amines) is 1. The quantitative estimate of drug-likeness (QED) is 0.842. The van der Waals surface area contributed by atoms with Crippen molar-refractivity contribution in [3.63, 3.8) is 0 Å². The summed E-state index contributed by atoms with van der Waals surface area (Å²) < 4.78 is 62.7. The minimum Gasteiger partial charge on any atom is -0.293 e. The maximum absolute atomic E-state index is 12.3. The SMILES string of the molecule is O=S(=O)(NC1CCCN(CC(F)(F)F)C1)C1CC1. The van der Waals surface area contributed by atoms with Crippen molar-refractivity contribution in [1.82, 2.24) is 9.62 Å². The fourth-order valence-electron chi connectivity index (χ4n) is 2.26. The van der Waals surface area contributed by atoms with E-state index in [0.29, 0.717) is 32.2 Å². The molecule has 8 heteroatoms. The predicted molar refractivity (Wildman–Crippen MR) is 60.6 cm³/mol. The average molecular weight is 286 g/mol. The Balaban J connectivity index is 1.87. The number of alkyl halides is 3. The van der Waals surface area contributed by atoms with E-state index in [-0.39, 0.29) is 17.8 Å². The Labute approximate surface area is 105 Å². The molecule has 4 nitrogen and oxygen atoms in total. The molecular weight excluding hydrogens is 269 g/mol. The Morgan fingerprint density at radius 3 is 2.44 bits per heavy atom. The van der Waals surface area contributed by atoms with Crippen molar-refractivity contribution in [2.45, 2.75) is 43.2 Å². The van der Waals surface area contributed by atoms with Crippen LogP contribution in [-0.4, -0.2) is 50.4 Å². The number of rotatable bonds is 4. The number of hydrogen-bond acceptors (Lipinski definition) is 3. The number of hydrogen-bond donors (Lipinski definition) is 1. The van der Waals surface area contributed by atoms with Gasteiger partial charge in [-0.25, -0.2) is 13.1 Å². The van der Waals surface area contributed by atoms with Crippen LogP contribution in [0.5, 0.6) is 0 Å². The molecule has 2 rings (SSSR count). The molecule has 2 fully saturated rings. The van der Waals surface area contributed by atoms with Gasteiger partial charge in [0.1, 0.15) is 0 Å². The molecule has 1 aliphatic carbocycles. The van der Waals surface area contributed by atoms with Gasteiger partial charge in [-0.3, -0.25) is 4.90 Å². The third kappa shape index (κ3) is 4.10. The highest BCUT2D eigenvalue weighted by Crippen LogP contribution is 2.28. The van der Waals surface area contributed by atoms with E-state index in [1.165, 1.54) is 4.90 Å². The molecule has 2 aliphatic rings. The van der Waals surface area contributed by atoms with Crippen LogP contribution in [0.4, 0.5) is 13.2 Å². The molecule has 1 heterocycles. The van der Waals surface area contributed by atoms with E-state index in [9.17, 15) is 21.6 Å². The first kappa shape index (κ1) is 14.1. The minimum absolute atomic E-state index is 0.144. The van der Waals surface area contributed by atoms with Crippen LogP contribution in [0.15, 0.2) is 0 Å². The van der Waals surface area contributed by atoms with Crippen molar-refractivity contribution in [3.8, 4) is 0 Å². The van der Waals surface area contributed by atoms with Gasteiger partial charge in [0, 0.05) is 12.6 Å². The number of halogens is 3. The van der Waals surface area contributed by atoms with E-state index in [1.54, 1.807) is 0 Å². The molecule has 1 saturated heterocycles. The van der Waals surface area contributed by atoms with Gasteiger partial charge in [-0.2, -0.15) is 13.2 Å². The highest BCUT2D eigenvalue weighted by Gasteiger charge is 2.38. The second-order valence-corrected chi connectivity index (χ2v) is 7.04. The third-order valence-electron chi connectivity index (χ3n) is 3.20. The molecule has 1 saturated carbocycles. The number of nitrogens with zero attached hydrogens (tertiary/aromatic N) is 1. The average Bonchev–Trinajstić information content (AvgIpc) is 2.96. The summed E-state index contributed by atoms with van der Waals surface area (Å²) >= 11 is 0. The summed E-state index contributed by atoms with van der Waals surface area (Å²) in [4.78, 5) is 1.27. The molecule has 106 valence electrons. The molecule has 1 N–H and O–H groups in total. The standard InChI is InChI=1S/C10H17F3N2O2S/c11-10(12,13)7-15-5-1-2-8(6-15)14-18(16,17)9-3-4-9/h8-9,14H,1-7H2. The van der Waals surface area contributed by atoms with Gasteiger partial charge in [0.2, 0.25) is 10.0 Å². The zero-order chi connectivity index (χ0) is 13.4. The normalized spacial score (nSPS) is 27.4. The summed E-state index contributed by atoms with van der Waals surface area (Å²) in [6, 6.07) is -0.383. The molecule has 0 amide bonds. The summed E-state index contributed by atoms with van der Waals surface area (Å²) in [5.41, 5.74) is 0. The van der Waals surface area contributed by atoms with E-state index in [4.69, 9.17) is 0 Å². The van der Waals surface area contributed by atoms with E-state index in [2.05, 4.69) is 4.72 Å². The molecule has 18 heavy (non-hydrogen) atoms. The maximum atomic E-state index is 12.3. The zero-order valence-corrected chi connectivity index (χ0v) is 10.7.